The van der Waals surface area contributed by atoms with Gasteiger partial charge in [-0.1, -0.05) is 6.92 Å². The van der Waals surface area contributed by atoms with Gasteiger partial charge in [0.05, 0.1) is 9.54 Å². The van der Waals surface area contributed by atoms with Crippen LogP contribution in [0.5, 0.6) is 0 Å². The summed E-state index contributed by atoms with van der Waals surface area (Å²) in [6, 6.07) is 4.15. The van der Waals surface area contributed by atoms with Crippen LogP contribution in [0.2, 0.25) is 0 Å². The molecule has 82 valence electrons. The van der Waals surface area contributed by atoms with Crippen molar-refractivity contribution in [2.75, 3.05) is 12.3 Å². The van der Waals surface area contributed by atoms with Gasteiger partial charge in [-0.3, -0.25) is 4.79 Å². The first kappa shape index (κ1) is 11.5. The molecule has 2 rings (SSSR count). The van der Waals surface area contributed by atoms with Crippen molar-refractivity contribution in [2.24, 2.45) is 0 Å². The van der Waals surface area contributed by atoms with E-state index in [4.69, 9.17) is 0 Å². The van der Waals surface area contributed by atoms with Gasteiger partial charge in [0, 0.05) is 11.4 Å². The Hall–Kier alpha value is -0.0000000000000000833. The van der Waals surface area contributed by atoms with Gasteiger partial charge in [-0.15, -0.1) is 23.1 Å². The highest BCUT2D eigenvalue weighted by Gasteiger charge is 2.32. The lowest BCUT2D eigenvalue weighted by atomic mass is 10.3. The fourth-order valence-electron chi connectivity index (χ4n) is 1.63. The Morgan fingerprint density at radius 2 is 2.40 bits per heavy atom. The van der Waals surface area contributed by atoms with E-state index in [1.165, 1.54) is 4.88 Å². The number of amides is 1. The van der Waals surface area contributed by atoms with Crippen LogP contribution in [0.1, 0.15) is 23.6 Å². The lowest BCUT2D eigenvalue weighted by molar-refractivity contribution is -0.128. The van der Waals surface area contributed by atoms with Gasteiger partial charge in [0.15, 0.2) is 0 Å². The fourth-order valence-corrected chi connectivity index (χ4v) is 4.51. The van der Waals surface area contributed by atoms with E-state index in [9.17, 15) is 4.79 Å². The van der Waals surface area contributed by atoms with Crippen molar-refractivity contribution in [1.29, 1.82) is 0 Å². The van der Waals surface area contributed by atoms with Crippen LogP contribution in [0.4, 0.5) is 0 Å². The van der Waals surface area contributed by atoms with Gasteiger partial charge in [0.1, 0.15) is 5.37 Å². The summed E-state index contributed by atoms with van der Waals surface area (Å²) >= 11 is 6.91. The smallest absolute Gasteiger partial charge is 0.233 e. The summed E-state index contributed by atoms with van der Waals surface area (Å²) in [5, 5.41) is 0.244. The van der Waals surface area contributed by atoms with Crippen molar-refractivity contribution in [3.05, 3.63) is 20.8 Å². The van der Waals surface area contributed by atoms with Crippen molar-refractivity contribution in [3.63, 3.8) is 0 Å². The SMILES string of the molecule is CCCN1C(=O)CSC1c1ccc(Br)s1. The molecule has 1 aromatic rings. The third-order valence-corrected chi connectivity index (χ3v) is 5.33. The van der Waals surface area contributed by atoms with Gasteiger partial charge in [0.2, 0.25) is 5.91 Å². The molecule has 2 nitrogen and oxygen atoms in total. The Morgan fingerprint density at radius 3 is 3.00 bits per heavy atom. The molecule has 1 atom stereocenters. The molecule has 0 spiro atoms. The van der Waals surface area contributed by atoms with E-state index in [0.717, 1.165) is 16.8 Å². The summed E-state index contributed by atoms with van der Waals surface area (Å²) in [5.41, 5.74) is 0. The molecule has 2 heterocycles. The first-order chi connectivity index (χ1) is 7.22. The highest BCUT2D eigenvalue weighted by atomic mass is 79.9. The van der Waals surface area contributed by atoms with E-state index in [2.05, 4.69) is 28.9 Å². The first-order valence-corrected chi connectivity index (χ1v) is 7.54. The van der Waals surface area contributed by atoms with Crippen LogP contribution in [0.15, 0.2) is 15.9 Å². The second-order valence-corrected chi connectivity index (χ2v) is 6.96. The van der Waals surface area contributed by atoms with Crippen molar-refractivity contribution in [2.45, 2.75) is 18.7 Å². The van der Waals surface area contributed by atoms with Gasteiger partial charge < -0.3 is 4.90 Å². The standard InChI is InChI=1S/C10H12BrNOS2/c1-2-5-12-9(13)6-14-10(12)7-3-4-8(11)15-7/h3-4,10H,2,5-6H2,1H3. The maximum atomic E-state index is 11.7. The Bertz CT molecular complexity index is 366. The third kappa shape index (κ3) is 2.40. The Kier molecular flexibility index (Phi) is 3.74. The van der Waals surface area contributed by atoms with E-state index in [-0.39, 0.29) is 11.3 Å². The van der Waals surface area contributed by atoms with Crippen LogP contribution in [0, 0.1) is 0 Å². The number of carbonyl (C=O) groups is 1. The molecule has 15 heavy (non-hydrogen) atoms. The quantitative estimate of drug-likeness (QED) is 0.852. The molecule has 1 aliphatic rings. The lowest BCUT2D eigenvalue weighted by Crippen LogP contribution is -2.28. The Balaban J connectivity index is 2.18. The summed E-state index contributed by atoms with van der Waals surface area (Å²) < 4.78 is 1.13. The zero-order valence-corrected chi connectivity index (χ0v) is 11.6. The molecule has 1 amide bonds. The Morgan fingerprint density at radius 1 is 1.60 bits per heavy atom. The average molecular weight is 306 g/mol. The minimum Gasteiger partial charge on any atom is -0.325 e. The normalized spacial score (nSPS) is 21.3. The van der Waals surface area contributed by atoms with Gasteiger partial charge in [0.25, 0.3) is 0 Å². The highest BCUT2D eigenvalue weighted by Crippen LogP contribution is 2.42. The first-order valence-electron chi connectivity index (χ1n) is 4.88. The predicted molar refractivity (Wildman–Crippen MR) is 69.2 cm³/mol. The summed E-state index contributed by atoms with van der Waals surface area (Å²) in [6.45, 7) is 2.98. The molecule has 0 N–H and O–H groups in total. The number of thiophene rings is 1. The van der Waals surface area contributed by atoms with Gasteiger partial charge in [-0.25, -0.2) is 0 Å². The molecule has 0 aliphatic carbocycles. The summed E-state index contributed by atoms with van der Waals surface area (Å²) in [4.78, 5) is 14.9. The molecule has 0 aromatic carbocycles. The molecule has 0 bridgehead atoms. The van der Waals surface area contributed by atoms with Gasteiger partial charge in [-0.05, 0) is 34.5 Å². The van der Waals surface area contributed by atoms with Gasteiger partial charge >= 0.3 is 0 Å². The van der Waals surface area contributed by atoms with Gasteiger partial charge in [-0.2, -0.15) is 0 Å². The van der Waals surface area contributed by atoms with Crippen molar-refractivity contribution in [1.82, 2.24) is 4.90 Å². The van der Waals surface area contributed by atoms with Crippen molar-refractivity contribution in [3.8, 4) is 0 Å². The summed E-state index contributed by atoms with van der Waals surface area (Å²) in [6.07, 6.45) is 1.02. The maximum absolute atomic E-state index is 11.7. The molecule has 0 saturated carbocycles. The van der Waals surface area contributed by atoms with E-state index in [0.29, 0.717) is 5.75 Å². The second kappa shape index (κ2) is 4.89. The highest BCUT2D eigenvalue weighted by molar-refractivity contribution is 9.11. The number of nitrogens with zero attached hydrogens (tertiary/aromatic N) is 1. The second-order valence-electron chi connectivity index (χ2n) is 3.39. The van der Waals surface area contributed by atoms with Crippen LogP contribution >= 0.6 is 39.0 Å². The number of carbonyl (C=O) groups excluding carboxylic acids is 1. The molecular formula is C10H12BrNOS2. The fraction of sp³-hybridized carbons (Fsp3) is 0.500. The number of thioether (sulfide) groups is 1. The third-order valence-electron chi connectivity index (χ3n) is 2.27. The monoisotopic (exact) mass is 305 g/mol. The van der Waals surface area contributed by atoms with E-state index < -0.39 is 0 Å². The maximum Gasteiger partial charge on any atom is 0.233 e. The zero-order valence-electron chi connectivity index (χ0n) is 8.40. The number of hydrogen-bond acceptors (Lipinski definition) is 3. The minimum atomic E-state index is 0.244. The molecule has 1 saturated heterocycles. The zero-order chi connectivity index (χ0) is 10.8. The van der Waals surface area contributed by atoms with Crippen LogP contribution in [-0.4, -0.2) is 23.1 Å². The average Bonchev–Trinajstić information content (AvgIpc) is 2.76. The van der Waals surface area contributed by atoms with Crippen molar-refractivity contribution < 1.29 is 4.79 Å². The van der Waals surface area contributed by atoms with E-state index in [1.807, 2.05) is 11.0 Å². The van der Waals surface area contributed by atoms with Crippen molar-refractivity contribution >= 4 is 44.9 Å². The number of hydrogen-bond donors (Lipinski definition) is 0. The number of rotatable bonds is 3. The molecule has 1 unspecified atom stereocenters. The van der Waals surface area contributed by atoms with Crippen LogP contribution in [0.3, 0.4) is 0 Å². The molecule has 1 aromatic heterocycles. The summed E-state index contributed by atoms with van der Waals surface area (Å²) in [7, 11) is 0. The van der Waals surface area contributed by atoms with Crippen LogP contribution in [-0.2, 0) is 4.79 Å². The Labute approximate surface area is 106 Å². The predicted octanol–water partition coefficient (Wildman–Crippen LogP) is 3.49. The molecule has 1 aliphatic heterocycles. The lowest BCUT2D eigenvalue weighted by Gasteiger charge is -2.22. The molecule has 1 fully saturated rings. The number of halogens is 1. The molecule has 0 radical (unpaired) electrons. The summed E-state index contributed by atoms with van der Waals surface area (Å²) in [5.74, 6) is 0.900. The molecular weight excluding hydrogens is 294 g/mol. The molecule has 5 heteroatoms. The van der Waals surface area contributed by atoms with Crippen LogP contribution in [0.25, 0.3) is 0 Å². The van der Waals surface area contributed by atoms with E-state index >= 15 is 0 Å². The van der Waals surface area contributed by atoms with E-state index in [1.54, 1.807) is 23.1 Å². The largest absolute Gasteiger partial charge is 0.325 e. The topological polar surface area (TPSA) is 20.3 Å². The minimum absolute atomic E-state index is 0.244. The van der Waals surface area contributed by atoms with Crippen LogP contribution < -0.4 is 0 Å².